The maximum Gasteiger partial charge on any atom is 0.417 e. The number of phenolic OH excluding ortho intramolecular Hbond substituents is 2. The van der Waals surface area contributed by atoms with Crippen molar-refractivity contribution < 1.29 is 93.5 Å². The number of nitrogens with two attached hydrogens (primary N) is 2. The van der Waals surface area contributed by atoms with Crippen molar-refractivity contribution in [2.45, 2.75) is 77.6 Å². The van der Waals surface area contributed by atoms with Gasteiger partial charge in [-0.25, -0.2) is 9.97 Å². The van der Waals surface area contributed by atoms with E-state index in [-0.39, 0.29) is 52.1 Å². The maximum atomic E-state index is 13.6. The van der Waals surface area contributed by atoms with Gasteiger partial charge in [0.25, 0.3) is 11.8 Å². The fourth-order valence-electron chi connectivity index (χ4n) is 14.8. The van der Waals surface area contributed by atoms with Crippen molar-refractivity contribution in [2.75, 3.05) is 70.1 Å². The molecular formula is C96H88F6N10O14. The minimum Gasteiger partial charge on any atom is -0.508 e. The fraction of sp³-hybridized carbons (Fsp3) is 0.229. The van der Waals surface area contributed by atoms with E-state index in [1.54, 1.807) is 112 Å². The number of halogens is 6. The van der Waals surface area contributed by atoms with E-state index >= 15 is 0 Å². The Bertz CT molecular complexity index is 6760. The molecule has 8 heterocycles. The number of alkyl halides is 6. The van der Waals surface area contributed by atoms with Crippen molar-refractivity contribution >= 4 is 98.5 Å². The fourth-order valence-corrected chi connectivity index (χ4v) is 14.8. The molecule has 0 aliphatic rings. The largest absolute Gasteiger partial charge is 0.508 e. The highest BCUT2D eigenvalue weighted by Gasteiger charge is 2.35. The zero-order valence-corrected chi connectivity index (χ0v) is 70.3. The first-order valence-corrected chi connectivity index (χ1v) is 39.7. The molecule has 648 valence electrons. The topological polar surface area (TPSA) is 322 Å². The number of ether oxygens (including phenoxy) is 10. The molecule has 126 heavy (non-hydrogen) atoms. The molecule has 0 fully saturated rings. The highest BCUT2D eigenvalue weighted by Crippen LogP contribution is 2.44. The number of hydrogen-bond donors (Lipinski definition) is 4. The van der Waals surface area contributed by atoms with Crippen LogP contribution in [0.2, 0.25) is 0 Å². The number of carbonyl (C=O) groups excluding carboxylic acids is 2. The summed E-state index contributed by atoms with van der Waals surface area (Å²) < 4.78 is 135. The highest BCUT2D eigenvalue weighted by atomic mass is 19.4. The Morgan fingerprint density at radius 2 is 0.714 bits per heavy atom. The predicted molar refractivity (Wildman–Crippen MR) is 468 cm³/mol. The molecule has 0 aliphatic heterocycles. The predicted octanol–water partition coefficient (Wildman–Crippen LogP) is 18.6. The molecule has 8 aromatic heterocycles. The Hall–Kier alpha value is -14.8. The molecule has 6 N–H and O–H groups in total. The van der Waals surface area contributed by atoms with Crippen LogP contribution in [0.3, 0.4) is 0 Å². The number of carbonyl (C=O) groups is 2. The number of aryl methyl sites for hydroxylation is 2. The summed E-state index contributed by atoms with van der Waals surface area (Å²) in [4.78, 5) is 58.4. The molecule has 0 bridgehead atoms. The van der Waals surface area contributed by atoms with Gasteiger partial charge in [0.15, 0.2) is 59.2 Å². The van der Waals surface area contributed by atoms with Gasteiger partial charge in [-0.1, -0.05) is 51.0 Å². The van der Waals surface area contributed by atoms with Gasteiger partial charge in [0.05, 0.1) is 79.0 Å². The summed E-state index contributed by atoms with van der Waals surface area (Å²) in [6.45, 7) is 3.48. The summed E-state index contributed by atoms with van der Waals surface area (Å²) in [5, 5.41) is 29.2. The Kier molecular flexibility index (Phi) is 27.6. The van der Waals surface area contributed by atoms with Crippen LogP contribution in [0.25, 0.3) is 86.7 Å². The van der Waals surface area contributed by atoms with Crippen LogP contribution in [-0.2, 0) is 60.5 Å². The summed E-state index contributed by atoms with van der Waals surface area (Å²) in [7, 11) is 12.7. The van der Waals surface area contributed by atoms with Crippen molar-refractivity contribution in [3.05, 3.63) is 262 Å². The highest BCUT2D eigenvalue weighted by molar-refractivity contribution is 5.95. The Morgan fingerprint density at radius 1 is 0.349 bits per heavy atom. The first-order chi connectivity index (χ1) is 60.7. The van der Waals surface area contributed by atoms with Gasteiger partial charge in [-0.05, 0) is 178 Å². The maximum absolute atomic E-state index is 13.6. The number of methoxy groups -OCH3 is 8. The molecule has 0 radical (unpaired) electrons. The normalized spacial score (nSPS) is 11.4. The van der Waals surface area contributed by atoms with Gasteiger partial charge >= 0.3 is 12.4 Å². The number of pyridine rings is 8. The Balaban J connectivity index is 0.000000145. The number of amides is 2. The average Bonchev–Trinajstić information content (AvgIpc) is 0.766. The quantitative estimate of drug-likeness (QED) is 0.0366. The molecule has 16 aromatic rings. The van der Waals surface area contributed by atoms with Crippen LogP contribution in [0.5, 0.6) is 69.0 Å². The number of primary amides is 2. The lowest BCUT2D eigenvalue weighted by atomic mass is 9.98. The molecule has 24 nitrogen and oxygen atoms in total. The summed E-state index contributed by atoms with van der Waals surface area (Å²) in [6, 6.07) is 43.8. The molecule has 0 atom stereocenters. The van der Waals surface area contributed by atoms with Crippen LogP contribution in [0, 0.1) is 0 Å². The van der Waals surface area contributed by atoms with E-state index in [9.17, 15) is 46.1 Å². The second-order valence-electron chi connectivity index (χ2n) is 29.1. The minimum atomic E-state index is -4.59. The molecule has 0 unspecified atom stereocenters. The summed E-state index contributed by atoms with van der Waals surface area (Å²) in [5.41, 5.74) is 18.5. The molecule has 0 saturated heterocycles. The van der Waals surface area contributed by atoms with E-state index in [0.717, 1.165) is 160 Å². The third kappa shape index (κ3) is 20.2. The summed E-state index contributed by atoms with van der Waals surface area (Å²) >= 11 is 0. The molecule has 8 aromatic carbocycles. The van der Waals surface area contributed by atoms with Crippen LogP contribution in [-0.4, -0.2) is 132 Å². The standard InChI is InChI=1S/C27H26F3N3O4.C25H23F3N2O3.C23H21N3O4.C21H18N2O3/c1-4-5-21-19-12-24(36-3)23(35-2)11-18(19)15(13-32-21)10-16-6-7-17-20(27(28,29)30)8-9-22(26(17)33-16)37-14-25(31)34;1-4-5-20-18-12-23(33-3)22(32-2)11-17(18)14(13-29-20)10-15-6-7-16-19(25(26,27)28)8-9-21(31)24(16)30-15;1-28-21-8-16-12-25-11-15(19(16)10-22(21)29-2)7-17-5-3-14-4-6-18(9-20(14)26-17)30-13-23(24)27;1-25-20-8-15-12-22-11-14(18(15)10-21(20)26-2)7-16-5-3-13-4-6-17(24)9-19(13)23-16/h6-9,11-13H,4-5,10,14H2,1-3H3,(H2,31,34);6-9,11-13,31H,4-5,10H2,1-3H3;3-6,8-12H,7,13H2,1-2H3,(H2,24,27);3-6,8-12,24H,7H2,1-2H3. The van der Waals surface area contributed by atoms with Gasteiger partial charge in [0.2, 0.25) is 0 Å². The molecule has 0 spiro atoms. The number of benzene rings is 8. The molecule has 0 saturated carbocycles. The number of rotatable bonds is 26. The third-order valence-corrected chi connectivity index (χ3v) is 20.9. The van der Waals surface area contributed by atoms with Crippen molar-refractivity contribution in [1.82, 2.24) is 39.9 Å². The number of fused-ring (bicyclic) bond motifs is 8. The summed E-state index contributed by atoms with van der Waals surface area (Å²) in [5.74, 6) is 4.21. The van der Waals surface area contributed by atoms with Crippen LogP contribution in [0.1, 0.15) is 94.2 Å². The monoisotopic (exact) mass is 1720 g/mol. The smallest absolute Gasteiger partial charge is 0.417 e. The van der Waals surface area contributed by atoms with Gasteiger partial charge in [0, 0.05) is 152 Å². The number of phenols is 2. The molecule has 0 aliphatic carbocycles. The van der Waals surface area contributed by atoms with Crippen molar-refractivity contribution in [3.8, 4) is 69.0 Å². The van der Waals surface area contributed by atoms with Crippen LogP contribution in [0.4, 0.5) is 26.3 Å². The van der Waals surface area contributed by atoms with Crippen molar-refractivity contribution in [2.24, 2.45) is 11.5 Å². The van der Waals surface area contributed by atoms with Crippen LogP contribution >= 0.6 is 0 Å². The second kappa shape index (κ2) is 39.1. The molecule has 2 amide bonds. The van der Waals surface area contributed by atoms with Crippen molar-refractivity contribution in [1.29, 1.82) is 0 Å². The van der Waals surface area contributed by atoms with Gasteiger partial charge in [0.1, 0.15) is 34.0 Å². The van der Waals surface area contributed by atoms with E-state index < -0.39 is 41.9 Å². The number of aromatic hydroxyl groups is 2. The van der Waals surface area contributed by atoms with Crippen LogP contribution in [0.15, 0.2) is 195 Å². The van der Waals surface area contributed by atoms with Crippen LogP contribution < -0.4 is 58.8 Å². The third-order valence-electron chi connectivity index (χ3n) is 20.9. The molecular weight excluding hydrogens is 1630 g/mol. The lowest BCUT2D eigenvalue weighted by molar-refractivity contribution is -0.137. The van der Waals surface area contributed by atoms with E-state index in [2.05, 4.69) is 48.7 Å². The van der Waals surface area contributed by atoms with Crippen molar-refractivity contribution in [3.63, 3.8) is 0 Å². The lowest BCUT2D eigenvalue weighted by Crippen LogP contribution is -2.20. The van der Waals surface area contributed by atoms with E-state index in [1.165, 1.54) is 12.1 Å². The second-order valence-corrected chi connectivity index (χ2v) is 29.1. The Morgan fingerprint density at radius 3 is 1.15 bits per heavy atom. The van der Waals surface area contributed by atoms with Gasteiger partial charge < -0.3 is 69.0 Å². The SMILES string of the molecule is CCCc1ncc(Cc2ccc3c(C(F)(F)F)ccc(O)c3n2)c2cc(OC)c(OC)cc12.CCCc1ncc(Cc2ccc3c(C(F)(F)F)ccc(OCC(N)=O)c3n2)c2cc(OC)c(OC)cc12.COc1cc2cncc(Cc3ccc4ccc(O)cc4n3)c2cc1OC.COc1cc2cncc(Cc3ccc4ccc(OCC(N)=O)cc4n3)c2cc1OC. The zero-order valence-electron chi connectivity index (χ0n) is 70.3. The summed E-state index contributed by atoms with van der Waals surface area (Å²) in [6.07, 6.45) is 6.89. The average molecular weight is 1720 g/mol. The molecule has 30 heteroatoms. The number of aromatic nitrogens is 8. The first kappa shape index (κ1) is 88.9. The lowest BCUT2D eigenvalue weighted by Gasteiger charge is -2.16. The van der Waals surface area contributed by atoms with Gasteiger partial charge in [-0.3, -0.25) is 39.5 Å². The number of hydrogen-bond acceptors (Lipinski definition) is 22. The van der Waals surface area contributed by atoms with E-state index in [4.69, 9.17) is 63.8 Å². The first-order valence-electron chi connectivity index (χ1n) is 39.7. The van der Waals surface area contributed by atoms with Gasteiger partial charge in [-0.2, -0.15) is 26.3 Å². The van der Waals surface area contributed by atoms with E-state index in [1.807, 2.05) is 104 Å². The van der Waals surface area contributed by atoms with Gasteiger partial charge in [-0.15, -0.1) is 0 Å². The zero-order chi connectivity index (χ0) is 89.7. The number of nitrogens with zero attached hydrogens (tertiary/aromatic N) is 8. The Labute approximate surface area is 719 Å². The molecule has 16 rings (SSSR count). The minimum absolute atomic E-state index is 0.00677. The van der Waals surface area contributed by atoms with E-state index in [0.29, 0.717) is 82.4 Å².